The van der Waals surface area contributed by atoms with Crippen LogP contribution in [0.1, 0.15) is 30.1 Å². The molecular weight excluding hydrogens is 296 g/mol. The molecule has 112 valence electrons. The quantitative estimate of drug-likeness (QED) is 0.720. The minimum Gasteiger partial charge on any atom is -0.287 e. The second-order valence-corrected chi connectivity index (χ2v) is 6.16. The Kier molecular flexibility index (Phi) is 3.26. The highest BCUT2D eigenvalue weighted by molar-refractivity contribution is 6.30. The van der Waals surface area contributed by atoms with Crippen LogP contribution in [0.5, 0.6) is 0 Å². The molecule has 4 nitrogen and oxygen atoms in total. The summed E-state index contributed by atoms with van der Waals surface area (Å²) in [5, 5.41) is 8.92. The van der Waals surface area contributed by atoms with Gasteiger partial charge < -0.3 is 0 Å². The van der Waals surface area contributed by atoms with Crippen molar-refractivity contribution in [2.75, 3.05) is 11.6 Å². The molecule has 1 atom stereocenters. The van der Waals surface area contributed by atoms with Crippen LogP contribution in [0.4, 0.5) is 0 Å². The largest absolute Gasteiger partial charge is 0.287 e. The molecule has 0 N–H and O–H groups in total. The van der Waals surface area contributed by atoms with Gasteiger partial charge in [0.05, 0.1) is 11.7 Å². The van der Waals surface area contributed by atoms with Crippen molar-refractivity contribution >= 4 is 22.6 Å². The van der Waals surface area contributed by atoms with Crippen molar-refractivity contribution in [2.45, 2.75) is 25.8 Å². The molecule has 0 spiro atoms. The van der Waals surface area contributed by atoms with Gasteiger partial charge in [0.2, 0.25) is 0 Å². The summed E-state index contributed by atoms with van der Waals surface area (Å²) in [4.78, 5) is 6.51. The van der Waals surface area contributed by atoms with Crippen molar-refractivity contribution in [3.05, 3.63) is 58.9 Å². The van der Waals surface area contributed by atoms with Crippen molar-refractivity contribution in [2.24, 2.45) is 0 Å². The lowest BCUT2D eigenvalue weighted by Gasteiger charge is -2.27. The van der Waals surface area contributed by atoms with Crippen LogP contribution in [0, 0.1) is 6.92 Å². The van der Waals surface area contributed by atoms with Crippen LogP contribution in [-0.4, -0.2) is 21.4 Å². The Bertz CT molecular complexity index is 809. The van der Waals surface area contributed by atoms with E-state index < -0.39 is 0 Å². The molecule has 0 saturated carbocycles. The first-order chi connectivity index (χ1) is 10.7. The van der Waals surface area contributed by atoms with Gasteiger partial charge in [-0.2, -0.15) is 9.89 Å². The van der Waals surface area contributed by atoms with Gasteiger partial charge in [0.1, 0.15) is 0 Å². The lowest BCUT2D eigenvalue weighted by atomic mass is 10.1. The van der Waals surface area contributed by atoms with Gasteiger partial charge in [-0.3, -0.25) is 5.01 Å². The molecule has 1 fully saturated rings. The van der Waals surface area contributed by atoms with E-state index in [0.29, 0.717) is 6.04 Å². The van der Waals surface area contributed by atoms with Crippen LogP contribution in [-0.2, 0) is 0 Å². The zero-order valence-corrected chi connectivity index (χ0v) is 13.2. The van der Waals surface area contributed by atoms with Crippen LogP contribution >= 0.6 is 11.6 Å². The Morgan fingerprint density at radius 3 is 2.82 bits per heavy atom. The third-order valence-electron chi connectivity index (χ3n) is 4.33. The number of hydrogen-bond acceptors (Lipinski definition) is 3. The minimum atomic E-state index is 0.321. The first kappa shape index (κ1) is 13.6. The van der Waals surface area contributed by atoms with Crippen LogP contribution in [0.25, 0.3) is 11.0 Å². The summed E-state index contributed by atoms with van der Waals surface area (Å²) in [5.41, 5.74) is 3.23. The summed E-state index contributed by atoms with van der Waals surface area (Å²) < 4.78 is 0. The topological polar surface area (TPSA) is 34.0 Å². The van der Waals surface area contributed by atoms with E-state index in [1.807, 2.05) is 36.1 Å². The summed E-state index contributed by atoms with van der Waals surface area (Å²) in [6.07, 6.45) is 4.10. The number of benzene rings is 1. The minimum absolute atomic E-state index is 0.321. The van der Waals surface area contributed by atoms with E-state index in [-0.39, 0.29) is 0 Å². The molecule has 0 bridgehead atoms. The third kappa shape index (κ3) is 2.15. The number of aryl methyl sites for hydroxylation is 1. The SMILES string of the molecule is Cc1nn(N2CCC[C@H]2c2ccc(Cl)cc2)c2ncccc12. The lowest BCUT2D eigenvalue weighted by molar-refractivity contribution is 0.519. The Balaban J connectivity index is 1.78. The molecule has 3 aromatic rings. The lowest BCUT2D eigenvalue weighted by Crippen LogP contribution is -2.35. The zero-order valence-electron chi connectivity index (χ0n) is 12.4. The zero-order chi connectivity index (χ0) is 15.1. The van der Waals surface area contributed by atoms with Crippen molar-refractivity contribution in [3.8, 4) is 0 Å². The molecule has 1 aliphatic heterocycles. The van der Waals surface area contributed by atoms with Gasteiger partial charge in [-0.05, 0) is 49.6 Å². The number of aromatic nitrogens is 3. The predicted octanol–water partition coefficient (Wildman–Crippen LogP) is 3.87. The summed E-state index contributed by atoms with van der Waals surface area (Å²) in [7, 11) is 0. The van der Waals surface area contributed by atoms with Crippen LogP contribution < -0.4 is 5.01 Å². The van der Waals surface area contributed by atoms with Gasteiger partial charge in [-0.25, -0.2) is 4.98 Å². The molecule has 5 heteroatoms. The van der Waals surface area contributed by atoms with Crippen LogP contribution in [0.2, 0.25) is 5.02 Å². The summed E-state index contributed by atoms with van der Waals surface area (Å²) >= 11 is 6.01. The summed E-state index contributed by atoms with van der Waals surface area (Å²) in [6, 6.07) is 12.5. The summed E-state index contributed by atoms with van der Waals surface area (Å²) in [6.45, 7) is 3.02. The monoisotopic (exact) mass is 312 g/mol. The molecule has 0 unspecified atom stereocenters. The van der Waals surface area contributed by atoms with E-state index in [1.165, 1.54) is 5.56 Å². The normalized spacial score (nSPS) is 18.3. The number of hydrogen-bond donors (Lipinski definition) is 0. The fourth-order valence-corrected chi connectivity index (χ4v) is 3.39. The van der Waals surface area contributed by atoms with E-state index >= 15 is 0 Å². The Hall–Kier alpha value is -2.07. The van der Waals surface area contributed by atoms with Crippen LogP contribution in [0.3, 0.4) is 0 Å². The second kappa shape index (κ2) is 5.29. The molecule has 2 aromatic heterocycles. The highest BCUT2D eigenvalue weighted by Gasteiger charge is 2.28. The molecule has 0 radical (unpaired) electrons. The van der Waals surface area contributed by atoms with Gasteiger partial charge in [0.25, 0.3) is 0 Å². The maximum atomic E-state index is 6.01. The fraction of sp³-hybridized carbons (Fsp3) is 0.294. The number of halogens is 1. The van der Waals surface area contributed by atoms with Gasteiger partial charge >= 0.3 is 0 Å². The average molecular weight is 313 g/mol. The van der Waals surface area contributed by atoms with E-state index in [1.54, 1.807) is 0 Å². The summed E-state index contributed by atoms with van der Waals surface area (Å²) in [5.74, 6) is 0. The average Bonchev–Trinajstić information content (AvgIpc) is 3.13. The van der Waals surface area contributed by atoms with Gasteiger partial charge in [-0.15, -0.1) is 0 Å². The first-order valence-corrected chi connectivity index (χ1v) is 7.94. The smallest absolute Gasteiger partial charge is 0.181 e. The molecule has 0 amide bonds. The van der Waals surface area contributed by atoms with Crippen LogP contribution in [0.15, 0.2) is 42.6 Å². The van der Waals surface area contributed by atoms with Crippen molar-refractivity contribution in [1.29, 1.82) is 0 Å². The molecule has 22 heavy (non-hydrogen) atoms. The van der Waals surface area contributed by atoms with Gasteiger partial charge in [0, 0.05) is 23.2 Å². The van der Waals surface area contributed by atoms with E-state index in [0.717, 1.165) is 41.1 Å². The van der Waals surface area contributed by atoms with Gasteiger partial charge in [0.15, 0.2) is 5.65 Å². The first-order valence-electron chi connectivity index (χ1n) is 7.57. The fourth-order valence-electron chi connectivity index (χ4n) is 3.26. The van der Waals surface area contributed by atoms with E-state index in [2.05, 4.69) is 28.2 Å². The van der Waals surface area contributed by atoms with Crippen molar-refractivity contribution in [1.82, 2.24) is 14.9 Å². The second-order valence-electron chi connectivity index (χ2n) is 5.72. The Morgan fingerprint density at radius 1 is 1.18 bits per heavy atom. The molecule has 1 aliphatic rings. The highest BCUT2D eigenvalue weighted by Crippen LogP contribution is 2.32. The number of rotatable bonds is 2. The predicted molar refractivity (Wildman–Crippen MR) is 88.8 cm³/mol. The van der Waals surface area contributed by atoms with Gasteiger partial charge in [-0.1, -0.05) is 23.7 Å². The van der Waals surface area contributed by atoms with Crippen molar-refractivity contribution in [3.63, 3.8) is 0 Å². The molecule has 3 heterocycles. The molecule has 1 aromatic carbocycles. The Morgan fingerprint density at radius 2 is 2.00 bits per heavy atom. The van der Waals surface area contributed by atoms with E-state index in [9.17, 15) is 0 Å². The molecule has 4 rings (SSSR count). The molecular formula is C17H17ClN4. The number of fused-ring (bicyclic) bond motifs is 1. The highest BCUT2D eigenvalue weighted by atomic mass is 35.5. The van der Waals surface area contributed by atoms with Crippen molar-refractivity contribution < 1.29 is 0 Å². The Labute approximate surface area is 134 Å². The third-order valence-corrected chi connectivity index (χ3v) is 4.59. The molecule has 0 aliphatic carbocycles. The maximum absolute atomic E-state index is 6.01. The molecule has 1 saturated heterocycles. The maximum Gasteiger partial charge on any atom is 0.181 e. The number of pyridine rings is 1. The standard InChI is InChI=1S/C17H17ClN4/c1-12-15-4-2-10-19-17(15)22(20-12)21-11-3-5-16(21)13-6-8-14(18)9-7-13/h2,4,6-10,16H,3,5,11H2,1H3/t16-/m0/s1. The number of nitrogens with zero attached hydrogens (tertiary/aromatic N) is 4. The van der Waals surface area contributed by atoms with E-state index in [4.69, 9.17) is 16.7 Å².